The van der Waals surface area contributed by atoms with Gasteiger partial charge in [0.2, 0.25) is 5.78 Å². The summed E-state index contributed by atoms with van der Waals surface area (Å²) in [6.07, 6.45) is 0. The fraction of sp³-hybridized carbons (Fsp3) is 0.154. The monoisotopic (exact) mass is 446 g/mol. The van der Waals surface area contributed by atoms with Crippen molar-refractivity contribution in [1.29, 1.82) is 0 Å². The van der Waals surface area contributed by atoms with Gasteiger partial charge in [0.05, 0.1) is 20.6 Å². The Labute approximate surface area is 146 Å². The third-order valence-corrected chi connectivity index (χ3v) is 5.63. The largest absolute Gasteiger partial charge is 0.433 e. The van der Waals surface area contributed by atoms with Crippen LogP contribution in [-0.4, -0.2) is 20.5 Å². The van der Waals surface area contributed by atoms with Gasteiger partial charge in [0.1, 0.15) is 4.92 Å². The van der Waals surface area contributed by atoms with Gasteiger partial charge in [-0.25, -0.2) is 0 Å². The van der Waals surface area contributed by atoms with Crippen LogP contribution in [0.5, 0.6) is 0 Å². The van der Waals surface area contributed by atoms with E-state index < -0.39 is 31.2 Å². The average Bonchev–Trinajstić information content (AvgIpc) is 3.03. The Hall–Kier alpha value is -2.07. The zero-order valence-corrected chi connectivity index (χ0v) is 14.4. The lowest BCUT2D eigenvalue weighted by molar-refractivity contribution is -0.402. The van der Waals surface area contributed by atoms with Gasteiger partial charge in [0.15, 0.2) is 5.76 Å². The van der Waals surface area contributed by atoms with Crippen molar-refractivity contribution < 1.29 is 19.1 Å². The molecule has 23 heavy (non-hydrogen) atoms. The van der Waals surface area contributed by atoms with Crippen LogP contribution in [0.2, 0.25) is 0 Å². The molecule has 0 spiro atoms. The van der Waals surface area contributed by atoms with Gasteiger partial charge in [0.25, 0.3) is 5.69 Å². The number of hydrogen-bond acceptors (Lipinski definition) is 6. The molecule has 2 rings (SSSR count). The number of non-ortho nitro benzene ring substituents is 1. The van der Waals surface area contributed by atoms with Gasteiger partial charge in [-0.3, -0.25) is 25.0 Å². The molecule has 0 amide bonds. The summed E-state index contributed by atoms with van der Waals surface area (Å²) in [5.74, 6) is -1.23. The van der Waals surface area contributed by atoms with Crippen molar-refractivity contribution in [2.24, 2.45) is 0 Å². The minimum absolute atomic E-state index is 0.104. The van der Waals surface area contributed by atoms with Gasteiger partial charge in [-0.05, 0) is 11.6 Å². The predicted octanol–water partition coefficient (Wildman–Crippen LogP) is 4.18. The number of nitro benzene ring substituents is 1. The predicted molar refractivity (Wildman–Crippen MR) is 87.2 cm³/mol. The molecule has 2 atom stereocenters. The highest BCUT2D eigenvalue weighted by Crippen LogP contribution is 2.35. The fourth-order valence-electron chi connectivity index (χ4n) is 1.81. The topological polar surface area (TPSA) is 116 Å². The van der Waals surface area contributed by atoms with Crippen molar-refractivity contribution >= 4 is 49.2 Å². The molecule has 0 aliphatic rings. The van der Waals surface area contributed by atoms with E-state index in [9.17, 15) is 25.0 Å². The third kappa shape index (κ3) is 3.82. The molecule has 10 heteroatoms. The standard InChI is InChI=1S/C13H8Br2N2O6/c14-11(7-2-1-3-8(6-7)16(19)20)12(15)13(18)9-4-5-10(23-9)17(21)22/h1-6,11-12H. The van der Waals surface area contributed by atoms with E-state index in [2.05, 4.69) is 31.9 Å². The van der Waals surface area contributed by atoms with Crippen molar-refractivity contribution in [3.8, 4) is 0 Å². The Bertz CT molecular complexity index is 775. The second-order valence-electron chi connectivity index (χ2n) is 4.41. The summed E-state index contributed by atoms with van der Waals surface area (Å²) in [7, 11) is 0. The molecule has 120 valence electrons. The second kappa shape index (κ2) is 7.01. The Morgan fingerprint density at radius 2 is 1.78 bits per heavy atom. The lowest BCUT2D eigenvalue weighted by atomic mass is 10.1. The Morgan fingerprint density at radius 3 is 2.35 bits per heavy atom. The molecule has 1 aromatic carbocycles. The van der Waals surface area contributed by atoms with Gasteiger partial charge < -0.3 is 4.42 Å². The van der Waals surface area contributed by atoms with Crippen LogP contribution in [0.15, 0.2) is 40.8 Å². The minimum Gasteiger partial charge on any atom is -0.397 e. The quantitative estimate of drug-likeness (QED) is 0.284. The zero-order valence-electron chi connectivity index (χ0n) is 11.2. The molecule has 0 saturated heterocycles. The van der Waals surface area contributed by atoms with Crippen LogP contribution in [0.25, 0.3) is 0 Å². The minimum atomic E-state index is -0.824. The lowest BCUT2D eigenvalue weighted by Gasteiger charge is -2.14. The molecule has 1 aromatic heterocycles. The summed E-state index contributed by atoms with van der Waals surface area (Å²) in [5, 5.41) is 21.4. The lowest BCUT2D eigenvalue weighted by Crippen LogP contribution is -2.18. The molecule has 0 radical (unpaired) electrons. The van der Waals surface area contributed by atoms with E-state index in [0.29, 0.717) is 5.56 Å². The molecular formula is C13H8Br2N2O6. The van der Waals surface area contributed by atoms with Crippen LogP contribution in [0.3, 0.4) is 0 Å². The number of hydrogen-bond donors (Lipinski definition) is 0. The summed E-state index contributed by atoms with van der Waals surface area (Å²) >= 11 is 6.50. The van der Waals surface area contributed by atoms with Gasteiger partial charge in [0, 0.05) is 12.1 Å². The maximum Gasteiger partial charge on any atom is 0.433 e. The Balaban J connectivity index is 2.22. The Morgan fingerprint density at radius 1 is 1.09 bits per heavy atom. The fourth-order valence-corrected chi connectivity index (χ4v) is 2.86. The second-order valence-corrected chi connectivity index (χ2v) is 6.39. The Kier molecular flexibility index (Phi) is 5.26. The number of halogens is 2. The normalized spacial score (nSPS) is 13.3. The van der Waals surface area contributed by atoms with Crippen LogP contribution in [-0.2, 0) is 0 Å². The van der Waals surface area contributed by atoms with Gasteiger partial charge in [-0.15, -0.1) is 0 Å². The third-order valence-electron chi connectivity index (χ3n) is 2.92. The van der Waals surface area contributed by atoms with E-state index in [0.717, 1.165) is 6.07 Å². The molecule has 0 aliphatic carbocycles. The SMILES string of the molecule is O=C(c1ccc([N+](=O)[O-])o1)C(Br)C(Br)c1cccc([N+](=O)[O-])c1. The van der Waals surface area contributed by atoms with Crippen LogP contribution < -0.4 is 0 Å². The zero-order chi connectivity index (χ0) is 17.1. The van der Waals surface area contributed by atoms with E-state index in [-0.39, 0.29) is 11.4 Å². The van der Waals surface area contributed by atoms with Crippen molar-refractivity contribution in [3.05, 3.63) is 68.0 Å². The number of Topliss-reactive ketones (excluding diaryl/α,β-unsaturated/α-hetero) is 1. The summed E-state index contributed by atoms with van der Waals surface area (Å²) in [5.41, 5.74) is 0.406. The molecule has 0 fully saturated rings. The van der Waals surface area contributed by atoms with Crippen LogP contribution in [0.1, 0.15) is 20.9 Å². The first-order valence-corrected chi connectivity index (χ1v) is 7.95. The van der Waals surface area contributed by atoms with Crippen molar-refractivity contribution in [1.82, 2.24) is 0 Å². The number of nitro groups is 2. The summed E-state index contributed by atoms with van der Waals surface area (Å²) < 4.78 is 4.87. The van der Waals surface area contributed by atoms with Gasteiger partial charge in [-0.1, -0.05) is 44.0 Å². The number of ketones is 1. The number of benzene rings is 1. The van der Waals surface area contributed by atoms with E-state index in [4.69, 9.17) is 4.42 Å². The maximum atomic E-state index is 12.3. The molecule has 0 bridgehead atoms. The summed E-state index contributed by atoms with van der Waals surface area (Å²) in [4.78, 5) is 31.0. The number of alkyl halides is 2. The molecule has 0 aliphatic heterocycles. The van der Waals surface area contributed by atoms with Crippen molar-refractivity contribution in [3.63, 3.8) is 0 Å². The van der Waals surface area contributed by atoms with Crippen LogP contribution in [0.4, 0.5) is 11.6 Å². The van der Waals surface area contributed by atoms with Crippen molar-refractivity contribution in [2.45, 2.75) is 9.65 Å². The van der Waals surface area contributed by atoms with E-state index in [1.54, 1.807) is 6.07 Å². The maximum absolute atomic E-state index is 12.3. The van der Waals surface area contributed by atoms with Gasteiger partial charge in [-0.2, -0.15) is 0 Å². The van der Waals surface area contributed by atoms with Crippen LogP contribution in [0, 0.1) is 20.2 Å². The van der Waals surface area contributed by atoms with Crippen molar-refractivity contribution in [2.75, 3.05) is 0 Å². The number of rotatable bonds is 6. The molecular weight excluding hydrogens is 440 g/mol. The van der Waals surface area contributed by atoms with E-state index >= 15 is 0 Å². The highest BCUT2D eigenvalue weighted by molar-refractivity contribution is 9.12. The number of carbonyl (C=O) groups excluding carboxylic acids is 1. The number of nitrogens with zero attached hydrogens (tertiary/aromatic N) is 2. The van der Waals surface area contributed by atoms with E-state index in [1.807, 2.05) is 0 Å². The molecule has 1 heterocycles. The first kappa shape index (κ1) is 17.3. The molecule has 2 unspecified atom stereocenters. The average molecular weight is 448 g/mol. The highest BCUT2D eigenvalue weighted by atomic mass is 79.9. The first-order chi connectivity index (χ1) is 10.8. The smallest absolute Gasteiger partial charge is 0.397 e. The van der Waals surface area contributed by atoms with Gasteiger partial charge >= 0.3 is 5.88 Å². The number of carbonyl (C=O) groups is 1. The summed E-state index contributed by atoms with van der Waals surface area (Å²) in [6, 6.07) is 8.10. The highest BCUT2D eigenvalue weighted by Gasteiger charge is 2.30. The molecule has 2 aromatic rings. The number of furan rings is 1. The molecule has 0 N–H and O–H groups in total. The summed E-state index contributed by atoms with van der Waals surface area (Å²) in [6.45, 7) is 0. The van der Waals surface area contributed by atoms with E-state index in [1.165, 1.54) is 24.3 Å². The van der Waals surface area contributed by atoms with Crippen LogP contribution >= 0.6 is 31.9 Å². The molecule has 8 nitrogen and oxygen atoms in total. The molecule has 0 saturated carbocycles. The first-order valence-electron chi connectivity index (χ1n) is 6.12.